The van der Waals surface area contributed by atoms with Crippen molar-refractivity contribution in [1.29, 1.82) is 0 Å². The van der Waals surface area contributed by atoms with Crippen LogP contribution in [-0.4, -0.2) is 34.7 Å². The lowest BCUT2D eigenvalue weighted by atomic mass is 9.81. The molecule has 1 aromatic rings. The number of carboxylic acid groups (broad SMARTS) is 2. The highest BCUT2D eigenvalue weighted by Crippen LogP contribution is 2.35. The molecule has 3 N–H and O–H groups in total. The molecule has 5 heteroatoms. The fourth-order valence-corrected chi connectivity index (χ4v) is 2.77. The van der Waals surface area contributed by atoms with Crippen molar-refractivity contribution in [2.75, 3.05) is 6.54 Å². The molecule has 106 valence electrons. The summed E-state index contributed by atoms with van der Waals surface area (Å²) in [6.07, 6.45) is -0.180. The highest BCUT2D eigenvalue weighted by molar-refractivity contribution is 5.78. The molecular weight excluding hydrogens is 258 g/mol. The quantitative estimate of drug-likeness (QED) is 0.757. The van der Waals surface area contributed by atoms with Crippen LogP contribution >= 0.6 is 0 Å². The van der Waals surface area contributed by atoms with Crippen LogP contribution in [0.25, 0.3) is 5.57 Å². The van der Waals surface area contributed by atoms with E-state index in [4.69, 9.17) is 5.11 Å². The third-order valence-corrected chi connectivity index (χ3v) is 3.77. The van der Waals surface area contributed by atoms with Crippen molar-refractivity contribution in [2.45, 2.75) is 12.5 Å². The summed E-state index contributed by atoms with van der Waals surface area (Å²) in [6.45, 7) is 4.47. The van der Waals surface area contributed by atoms with Crippen LogP contribution in [0.15, 0.2) is 36.9 Å². The van der Waals surface area contributed by atoms with E-state index in [0.29, 0.717) is 6.54 Å². The Hall–Kier alpha value is -2.14. The van der Waals surface area contributed by atoms with E-state index in [2.05, 4.69) is 11.9 Å². The Morgan fingerprint density at radius 2 is 1.90 bits per heavy atom. The molecule has 0 unspecified atom stereocenters. The Morgan fingerprint density at radius 3 is 2.45 bits per heavy atom. The van der Waals surface area contributed by atoms with Gasteiger partial charge in [0.1, 0.15) is 6.04 Å². The van der Waals surface area contributed by atoms with Gasteiger partial charge in [-0.2, -0.15) is 0 Å². The van der Waals surface area contributed by atoms with Crippen LogP contribution in [0.5, 0.6) is 0 Å². The number of hydrogen-bond donors (Lipinski definition) is 3. The first-order valence-electron chi connectivity index (χ1n) is 6.43. The fraction of sp³-hybridized carbons (Fsp3) is 0.333. The third kappa shape index (κ3) is 2.88. The van der Waals surface area contributed by atoms with Gasteiger partial charge in [-0.1, -0.05) is 36.9 Å². The molecule has 2 rings (SSSR count). The molecule has 1 fully saturated rings. The lowest BCUT2D eigenvalue weighted by Crippen LogP contribution is -2.36. The summed E-state index contributed by atoms with van der Waals surface area (Å²) in [7, 11) is 0. The van der Waals surface area contributed by atoms with Crippen LogP contribution in [0.2, 0.25) is 0 Å². The number of rotatable bonds is 5. The van der Waals surface area contributed by atoms with Crippen LogP contribution in [0.4, 0.5) is 0 Å². The van der Waals surface area contributed by atoms with Crippen LogP contribution < -0.4 is 5.32 Å². The van der Waals surface area contributed by atoms with Crippen molar-refractivity contribution >= 4 is 17.5 Å². The maximum atomic E-state index is 11.2. The normalized spacial score (nSPS) is 25.3. The van der Waals surface area contributed by atoms with E-state index in [-0.39, 0.29) is 12.3 Å². The van der Waals surface area contributed by atoms with E-state index in [1.54, 1.807) is 0 Å². The first-order valence-corrected chi connectivity index (χ1v) is 6.43. The van der Waals surface area contributed by atoms with Crippen LogP contribution in [-0.2, 0) is 9.59 Å². The van der Waals surface area contributed by atoms with Gasteiger partial charge in [-0.3, -0.25) is 9.59 Å². The zero-order chi connectivity index (χ0) is 14.7. The molecule has 5 nitrogen and oxygen atoms in total. The van der Waals surface area contributed by atoms with Crippen molar-refractivity contribution in [3.8, 4) is 0 Å². The minimum atomic E-state index is -1.01. The minimum Gasteiger partial charge on any atom is -0.481 e. The number of carboxylic acids is 2. The van der Waals surface area contributed by atoms with Crippen molar-refractivity contribution in [3.05, 3.63) is 42.5 Å². The molecule has 1 aromatic carbocycles. The van der Waals surface area contributed by atoms with E-state index in [1.165, 1.54) is 0 Å². The lowest BCUT2D eigenvalue weighted by Gasteiger charge is -2.22. The number of nitrogens with one attached hydrogen (secondary N) is 1. The molecule has 0 spiro atoms. The summed E-state index contributed by atoms with van der Waals surface area (Å²) < 4.78 is 0. The SMILES string of the molecule is C=C(c1ccccc1)[C@H]1CN[C@@H](C(=O)O)[C@@H]1CC(=O)O. The summed E-state index contributed by atoms with van der Waals surface area (Å²) in [5, 5.41) is 21.1. The van der Waals surface area contributed by atoms with E-state index < -0.39 is 23.9 Å². The third-order valence-electron chi connectivity index (χ3n) is 3.77. The Kier molecular flexibility index (Phi) is 4.20. The molecule has 1 aliphatic rings. The largest absolute Gasteiger partial charge is 0.481 e. The molecular formula is C15H17NO4. The zero-order valence-corrected chi connectivity index (χ0v) is 11.0. The zero-order valence-electron chi connectivity index (χ0n) is 11.0. The molecule has 0 radical (unpaired) electrons. The average Bonchev–Trinajstić information content (AvgIpc) is 2.82. The van der Waals surface area contributed by atoms with Gasteiger partial charge in [0.25, 0.3) is 0 Å². The Labute approximate surface area is 116 Å². The fourth-order valence-electron chi connectivity index (χ4n) is 2.77. The van der Waals surface area contributed by atoms with Gasteiger partial charge in [-0.15, -0.1) is 0 Å². The monoisotopic (exact) mass is 275 g/mol. The van der Waals surface area contributed by atoms with E-state index in [1.807, 2.05) is 30.3 Å². The molecule has 20 heavy (non-hydrogen) atoms. The predicted molar refractivity (Wildman–Crippen MR) is 74.1 cm³/mol. The number of aliphatic carboxylic acids is 2. The number of carbonyl (C=O) groups is 2. The first kappa shape index (κ1) is 14.3. The number of hydrogen-bond acceptors (Lipinski definition) is 3. The topological polar surface area (TPSA) is 86.6 Å². The first-order chi connectivity index (χ1) is 9.50. The minimum absolute atomic E-state index is 0.180. The van der Waals surface area contributed by atoms with E-state index >= 15 is 0 Å². The summed E-state index contributed by atoms with van der Waals surface area (Å²) in [5.74, 6) is -2.68. The molecule has 1 saturated heterocycles. The highest BCUT2D eigenvalue weighted by atomic mass is 16.4. The molecule has 1 heterocycles. The second-order valence-corrected chi connectivity index (χ2v) is 4.98. The van der Waals surface area contributed by atoms with Gasteiger partial charge in [0.2, 0.25) is 0 Å². The van der Waals surface area contributed by atoms with Crippen molar-refractivity contribution in [2.24, 2.45) is 11.8 Å². The molecule has 0 saturated carbocycles. The molecule has 0 aliphatic carbocycles. The molecule has 0 amide bonds. The molecule has 0 aromatic heterocycles. The Morgan fingerprint density at radius 1 is 1.25 bits per heavy atom. The standard InChI is InChI=1S/C15H17NO4/c1-9(10-5-3-2-4-6-10)12-8-16-14(15(19)20)11(12)7-13(17)18/h2-6,11-12,14,16H,1,7-8H2,(H,17,18)(H,19,20)/t11-,12-,14-/m1/s1. The molecule has 0 bridgehead atoms. The summed E-state index contributed by atoms with van der Waals surface area (Å²) in [5.41, 5.74) is 1.70. The number of benzene rings is 1. The second-order valence-electron chi connectivity index (χ2n) is 4.98. The van der Waals surface area contributed by atoms with Gasteiger partial charge in [0.05, 0.1) is 6.42 Å². The highest BCUT2D eigenvalue weighted by Gasteiger charge is 2.42. The average molecular weight is 275 g/mol. The van der Waals surface area contributed by atoms with Crippen LogP contribution in [0.1, 0.15) is 12.0 Å². The Balaban J connectivity index is 2.23. The predicted octanol–water partition coefficient (Wildman–Crippen LogP) is 1.46. The van der Waals surface area contributed by atoms with Gasteiger partial charge < -0.3 is 15.5 Å². The maximum absolute atomic E-state index is 11.2. The van der Waals surface area contributed by atoms with Crippen molar-refractivity contribution < 1.29 is 19.8 Å². The smallest absolute Gasteiger partial charge is 0.321 e. The van der Waals surface area contributed by atoms with Gasteiger partial charge in [0, 0.05) is 18.4 Å². The Bertz CT molecular complexity index is 526. The van der Waals surface area contributed by atoms with E-state index in [0.717, 1.165) is 11.1 Å². The van der Waals surface area contributed by atoms with E-state index in [9.17, 15) is 14.7 Å². The summed E-state index contributed by atoms with van der Waals surface area (Å²) in [6, 6.07) is 8.60. The summed E-state index contributed by atoms with van der Waals surface area (Å²) >= 11 is 0. The van der Waals surface area contributed by atoms with Gasteiger partial charge in [0.15, 0.2) is 0 Å². The van der Waals surface area contributed by atoms with Crippen molar-refractivity contribution in [3.63, 3.8) is 0 Å². The summed E-state index contributed by atoms with van der Waals surface area (Å²) in [4.78, 5) is 22.2. The maximum Gasteiger partial charge on any atom is 0.321 e. The lowest BCUT2D eigenvalue weighted by molar-refractivity contribution is -0.142. The van der Waals surface area contributed by atoms with Gasteiger partial charge in [-0.05, 0) is 11.1 Å². The second kappa shape index (κ2) is 5.88. The van der Waals surface area contributed by atoms with Gasteiger partial charge in [-0.25, -0.2) is 0 Å². The van der Waals surface area contributed by atoms with Crippen LogP contribution in [0.3, 0.4) is 0 Å². The molecule has 1 aliphatic heterocycles. The van der Waals surface area contributed by atoms with Crippen LogP contribution in [0, 0.1) is 11.8 Å². The molecule has 3 atom stereocenters. The van der Waals surface area contributed by atoms with Gasteiger partial charge >= 0.3 is 11.9 Å². The van der Waals surface area contributed by atoms with Crippen molar-refractivity contribution in [1.82, 2.24) is 5.32 Å².